The summed E-state index contributed by atoms with van der Waals surface area (Å²) in [6.07, 6.45) is 2.98. The smallest absolute Gasteiger partial charge is 0.0649 e. The molecule has 0 fully saturated rings. The number of aromatic nitrogens is 2. The van der Waals surface area contributed by atoms with E-state index in [1.807, 2.05) is 4.68 Å². The van der Waals surface area contributed by atoms with E-state index in [0.29, 0.717) is 0 Å². The highest BCUT2D eigenvalue weighted by molar-refractivity contribution is 5.39. The molecule has 2 N–H and O–H groups in total. The van der Waals surface area contributed by atoms with E-state index in [0.717, 1.165) is 30.6 Å². The Kier molecular flexibility index (Phi) is 4.61. The summed E-state index contributed by atoms with van der Waals surface area (Å²) < 4.78 is 2.04. The first-order valence-electron chi connectivity index (χ1n) is 7.46. The Morgan fingerprint density at radius 2 is 1.80 bits per heavy atom. The molecule has 2 rings (SSSR count). The van der Waals surface area contributed by atoms with E-state index in [9.17, 15) is 0 Å². The molecule has 0 saturated carbocycles. The van der Waals surface area contributed by atoms with Gasteiger partial charge in [0.15, 0.2) is 0 Å². The molecule has 0 radical (unpaired) electrons. The van der Waals surface area contributed by atoms with Crippen LogP contribution in [0.5, 0.6) is 0 Å². The summed E-state index contributed by atoms with van der Waals surface area (Å²) >= 11 is 0. The summed E-state index contributed by atoms with van der Waals surface area (Å²) in [6, 6.07) is 8.84. The molecular formula is C17H25N3. The molecule has 0 aliphatic carbocycles. The van der Waals surface area contributed by atoms with Crippen LogP contribution in [-0.2, 0) is 12.8 Å². The molecule has 0 saturated heterocycles. The van der Waals surface area contributed by atoms with Crippen molar-refractivity contribution in [3.05, 3.63) is 46.8 Å². The fraction of sp³-hybridized carbons (Fsp3) is 0.471. The van der Waals surface area contributed by atoms with Gasteiger partial charge in [0.2, 0.25) is 0 Å². The van der Waals surface area contributed by atoms with Gasteiger partial charge in [-0.1, -0.05) is 26.0 Å². The molecule has 2 aromatic rings. The number of benzene rings is 1. The summed E-state index contributed by atoms with van der Waals surface area (Å²) in [7, 11) is 0. The van der Waals surface area contributed by atoms with E-state index in [1.165, 1.54) is 16.8 Å². The molecule has 3 nitrogen and oxygen atoms in total. The zero-order chi connectivity index (χ0) is 14.7. The fourth-order valence-corrected chi connectivity index (χ4v) is 2.66. The van der Waals surface area contributed by atoms with E-state index in [-0.39, 0.29) is 6.04 Å². The summed E-state index contributed by atoms with van der Waals surface area (Å²) in [6.45, 7) is 8.52. The highest BCUT2D eigenvalue weighted by atomic mass is 15.3. The van der Waals surface area contributed by atoms with Gasteiger partial charge in [-0.05, 0) is 56.4 Å². The lowest BCUT2D eigenvalue weighted by molar-refractivity contribution is 0.646. The second-order valence-corrected chi connectivity index (χ2v) is 5.45. The van der Waals surface area contributed by atoms with Gasteiger partial charge in [0.05, 0.1) is 11.4 Å². The highest BCUT2D eigenvalue weighted by Crippen LogP contribution is 2.19. The van der Waals surface area contributed by atoms with Crippen LogP contribution < -0.4 is 5.73 Å². The van der Waals surface area contributed by atoms with Crippen molar-refractivity contribution in [1.29, 1.82) is 0 Å². The molecule has 0 aliphatic heterocycles. The first-order valence-corrected chi connectivity index (χ1v) is 7.46. The van der Waals surface area contributed by atoms with Crippen LogP contribution in [0.1, 0.15) is 42.8 Å². The van der Waals surface area contributed by atoms with Gasteiger partial charge < -0.3 is 5.73 Å². The third kappa shape index (κ3) is 2.93. The number of hydrogen-bond acceptors (Lipinski definition) is 2. The minimum Gasteiger partial charge on any atom is -0.327 e. The van der Waals surface area contributed by atoms with Crippen LogP contribution in [0.3, 0.4) is 0 Å². The van der Waals surface area contributed by atoms with Gasteiger partial charge in [-0.2, -0.15) is 5.10 Å². The SMILES string of the molecule is CCc1c(C)nn(-c2ccc(CC(N)CC)cc2)c1C. The van der Waals surface area contributed by atoms with Gasteiger partial charge in [-0.3, -0.25) is 0 Å². The zero-order valence-corrected chi connectivity index (χ0v) is 13.0. The second kappa shape index (κ2) is 6.23. The molecule has 1 aromatic carbocycles. The number of nitrogens with two attached hydrogens (primary N) is 1. The number of aryl methyl sites for hydroxylation is 1. The molecule has 3 heteroatoms. The van der Waals surface area contributed by atoms with Crippen LogP contribution >= 0.6 is 0 Å². The molecule has 1 unspecified atom stereocenters. The van der Waals surface area contributed by atoms with Crippen molar-refractivity contribution in [3.8, 4) is 5.69 Å². The molecule has 108 valence electrons. The van der Waals surface area contributed by atoms with E-state index < -0.39 is 0 Å². The third-order valence-corrected chi connectivity index (χ3v) is 4.00. The standard InChI is InChI=1S/C17H25N3/c1-5-15(18)11-14-7-9-16(10-8-14)20-13(4)17(6-2)12(3)19-20/h7-10,15H,5-6,11,18H2,1-4H3. The normalized spacial score (nSPS) is 12.7. The Bertz CT molecular complexity index is 567. The van der Waals surface area contributed by atoms with Gasteiger partial charge in [-0.25, -0.2) is 4.68 Å². The Balaban J connectivity index is 2.26. The van der Waals surface area contributed by atoms with E-state index in [1.54, 1.807) is 0 Å². The van der Waals surface area contributed by atoms with Crippen LogP contribution in [0.2, 0.25) is 0 Å². The second-order valence-electron chi connectivity index (χ2n) is 5.45. The largest absolute Gasteiger partial charge is 0.327 e. The Morgan fingerprint density at radius 3 is 2.30 bits per heavy atom. The van der Waals surface area contributed by atoms with Crippen molar-refractivity contribution in [1.82, 2.24) is 9.78 Å². The number of rotatable bonds is 5. The van der Waals surface area contributed by atoms with E-state index in [2.05, 4.69) is 57.1 Å². The molecule has 1 heterocycles. The minimum atomic E-state index is 0.251. The average molecular weight is 271 g/mol. The van der Waals surface area contributed by atoms with Crippen LogP contribution in [0.4, 0.5) is 0 Å². The lowest BCUT2D eigenvalue weighted by atomic mass is 10.0. The first-order chi connectivity index (χ1) is 9.56. The number of hydrogen-bond donors (Lipinski definition) is 1. The van der Waals surface area contributed by atoms with Crippen LogP contribution in [0, 0.1) is 13.8 Å². The lowest BCUT2D eigenvalue weighted by Gasteiger charge is -2.10. The molecule has 0 bridgehead atoms. The molecule has 0 spiro atoms. The quantitative estimate of drug-likeness (QED) is 0.906. The van der Waals surface area contributed by atoms with Gasteiger partial charge in [0.1, 0.15) is 0 Å². The predicted octanol–water partition coefficient (Wildman–Crippen LogP) is 3.33. The monoisotopic (exact) mass is 271 g/mol. The third-order valence-electron chi connectivity index (χ3n) is 4.00. The molecular weight excluding hydrogens is 246 g/mol. The Morgan fingerprint density at radius 1 is 1.15 bits per heavy atom. The Hall–Kier alpha value is -1.61. The summed E-state index contributed by atoms with van der Waals surface area (Å²) in [5, 5.41) is 4.65. The van der Waals surface area contributed by atoms with Crippen molar-refractivity contribution in [3.63, 3.8) is 0 Å². The van der Waals surface area contributed by atoms with E-state index in [4.69, 9.17) is 5.73 Å². The predicted molar refractivity (Wildman–Crippen MR) is 84.4 cm³/mol. The molecule has 1 aromatic heterocycles. The first kappa shape index (κ1) is 14.8. The fourth-order valence-electron chi connectivity index (χ4n) is 2.66. The maximum absolute atomic E-state index is 6.00. The molecule has 0 aliphatic rings. The van der Waals surface area contributed by atoms with Gasteiger partial charge in [0.25, 0.3) is 0 Å². The van der Waals surface area contributed by atoms with Gasteiger partial charge in [0, 0.05) is 11.7 Å². The van der Waals surface area contributed by atoms with Crippen LogP contribution in [0.25, 0.3) is 5.69 Å². The zero-order valence-electron chi connectivity index (χ0n) is 13.0. The number of nitrogens with zero attached hydrogens (tertiary/aromatic N) is 2. The summed E-state index contributed by atoms with van der Waals surface area (Å²) in [5.74, 6) is 0. The van der Waals surface area contributed by atoms with Gasteiger partial charge >= 0.3 is 0 Å². The summed E-state index contributed by atoms with van der Waals surface area (Å²) in [5.41, 5.74) is 12.1. The summed E-state index contributed by atoms with van der Waals surface area (Å²) in [4.78, 5) is 0. The van der Waals surface area contributed by atoms with Crippen LogP contribution in [0.15, 0.2) is 24.3 Å². The maximum Gasteiger partial charge on any atom is 0.0649 e. The minimum absolute atomic E-state index is 0.251. The molecule has 0 amide bonds. The van der Waals surface area contributed by atoms with Crippen molar-refractivity contribution in [2.24, 2.45) is 5.73 Å². The van der Waals surface area contributed by atoms with Crippen LogP contribution in [-0.4, -0.2) is 15.8 Å². The average Bonchev–Trinajstić information content (AvgIpc) is 2.74. The van der Waals surface area contributed by atoms with Crippen molar-refractivity contribution < 1.29 is 0 Å². The highest BCUT2D eigenvalue weighted by Gasteiger charge is 2.11. The van der Waals surface area contributed by atoms with Crippen molar-refractivity contribution >= 4 is 0 Å². The molecule has 20 heavy (non-hydrogen) atoms. The van der Waals surface area contributed by atoms with Crippen molar-refractivity contribution in [2.75, 3.05) is 0 Å². The van der Waals surface area contributed by atoms with E-state index >= 15 is 0 Å². The van der Waals surface area contributed by atoms with Gasteiger partial charge in [-0.15, -0.1) is 0 Å². The molecule has 1 atom stereocenters. The Labute approximate surface area is 121 Å². The topological polar surface area (TPSA) is 43.8 Å². The van der Waals surface area contributed by atoms with Crippen molar-refractivity contribution in [2.45, 2.75) is 53.0 Å². The maximum atomic E-state index is 6.00. The lowest BCUT2D eigenvalue weighted by Crippen LogP contribution is -2.21.